The third kappa shape index (κ3) is 4.38. The average Bonchev–Trinajstić information content (AvgIpc) is 2.66. The Hall–Kier alpha value is -1.80. The molecule has 2 N–H and O–H groups in total. The summed E-state index contributed by atoms with van der Waals surface area (Å²) < 4.78 is 27.0. The molecule has 0 radical (unpaired) electrons. The first-order valence-electron chi connectivity index (χ1n) is 8.38. The molecule has 0 bridgehead atoms. The number of amides is 1. The zero-order valence-corrected chi connectivity index (χ0v) is 16.6. The first-order valence-corrected chi connectivity index (χ1v) is 10.6. The molecule has 9 heteroatoms. The molecule has 1 saturated heterocycles. The van der Waals surface area contributed by atoms with Crippen molar-refractivity contribution in [2.45, 2.75) is 24.2 Å². The molecule has 6 nitrogen and oxygen atoms in total. The van der Waals surface area contributed by atoms with Crippen LogP contribution < -0.4 is 5.32 Å². The number of phenols is 1. The summed E-state index contributed by atoms with van der Waals surface area (Å²) in [5, 5.41) is 12.7. The third-order valence-electron chi connectivity index (χ3n) is 4.33. The number of nitrogens with zero attached hydrogens (tertiary/aromatic N) is 1. The minimum atomic E-state index is -3.65. The summed E-state index contributed by atoms with van der Waals surface area (Å²) >= 11 is 11.7. The fourth-order valence-corrected chi connectivity index (χ4v) is 4.96. The van der Waals surface area contributed by atoms with E-state index >= 15 is 0 Å². The molecule has 1 heterocycles. The second-order valence-electron chi connectivity index (χ2n) is 6.23. The van der Waals surface area contributed by atoms with Gasteiger partial charge in [-0.1, -0.05) is 35.7 Å². The SMILES string of the molecule is O=C(Nc1cc(Cl)cc(Cl)c1O)c1cccc(S(=O)(=O)N2CCCCC2)c1. The van der Waals surface area contributed by atoms with Crippen molar-refractivity contribution in [1.29, 1.82) is 0 Å². The van der Waals surface area contributed by atoms with Crippen LogP contribution in [0.1, 0.15) is 29.6 Å². The number of benzene rings is 2. The highest BCUT2D eigenvalue weighted by molar-refractivity contribution is 7.89. The van der Waals surface area contributed by atoms with Crippen molar-refractivity contribution in [3.63, 3.8) is 0 Å². The van der Waals surface area contributed by atoms with Gasteiger partial charge in [0.25, 0.3) is 5.91 Å². The molecule has 2 aromatic rings. The smallest absolute Gasteiger partial charge is 0.255 e. The van der Waals surface area contributed by atoms with Crippen LogP contribution in [0.3, 0.4) is 0 Å². The Morgan fingerprint density at radius 3 is 2.48 bits per heavy atom. The molecule has 1 aliphatic rings. The van der Waals surface area contributed by atoms with Crippen LogP contribution in [0.4, 0.5) is 5.69 Å². The average molecular weight is 429 g/mol. The van der Waals surface area contributed by atoms with E-state index in [0.717, 1.165) is 19.3 Å². The van der Waals surface area contributed by atoms with Gasteiger partial charge in [-0.05, 0) is 43.2 Å². The standard InChI is InChI=1S/C18H18Cl2N2O4S/c19-13-10-15(20)17(23)16(11-13)21-18(24)12-5-4-6-14(9-12)27(25,26)22-7-2-1-3-8-22/h4-6,9-11,23H,1-3,7-8H2,(H,21,24). The summed E-state index contributed by atoms with van der Waals surface area (Å²) in [6.07, 6.45) is 2.67. The molecule has 0 unspecified atom stereocenters. The van der Waals surface area contributed by atoms with Crippen LogP contribution in [0, 0.1) is 0 Å². The van der Waals surface area contributed by atoms with Crippen molar-refractivity contribution in [2.24, 2.45) is 0 Å². The first kappa shape index (κ1) is 19.9. The topological polar surface area (TPSA) is 86.7 Å². The number of sulfonamides is 1. The van der Waals surface area contributed by atoms with Gasteiger partial charge < -0.3 is 10.4 Å². The Labute approximate surface area is 167 Å². The van der Waals surface area contributed by atoms with Crippen molar-refractivity contribution < 1.29 is 18.3 Å². The van der Waals surface area contributed by atoms with Gasteiger partial charge in [0.1, 0.15) is 0 Å². The lowest BCUT2D eigenvalue weighted by Gasteiger charge is -2.26. The van der Waals surface area contributed by atoms with Crippen molar-refractivity contribution in [3.05, 3.63) is 52.0 Å². The molecule has 1 aliphatic heterocycles. The van der Waals surface area contributed by atoms with E-state index in [0.29, 0.717) is 13.1 Å². The molecule has 0 saturated carbocycles. The van der Waals surface area contributed by atoms with Crippen LogP contribution in [-0.4, -0.2) is 36.8 Å². The second-order valence-corrected chi connectivity index (χ2v) is 9.01. The minimum absolute atomic E-state index is 0.000716. The fourth-order valence-electron chi connectivity index (χ4n) is 2.91. The number of nitrogens with one attached hydrogen (secondary N) is 1. The predicted molar refractivity (Wildman–Crippen MR) is 105 cm³/mol. The predicted octanol–water partition coefficient (Wildman–Crippen LogP) is 4.13. The van der Waals surface area contributed by atoms with Crippen molar-refractivity contribution in [2.75, 3.05) is 18.4 Å². The van der Waals surface area contributed by atoms with Gasteiger partial charge in [0.2, 0.25) is 10.0 Å². The zero-order chi connectivity index (χ0) is 19.6. The van der Waals surface area contributed by atoms with Gasteiger partial charge >= 0.3 is 0 Å². The fraction of sp³-hybridized carbons (Fsp3) is 0.278. The van der Waals surface area contributed by atoms with Crippen LogP contribution >= 0.6 is 23.2 Å². The third-order valence-corrected chi connectivity index (χ3v) is 6.73. The van der Waals surface area contributed by atoms with Gasteiger partial charge in [-0.15, -0.1) is 0 Å². The molecule has 1 amide bonds. The summed E-state index contributed by atoms with van der Waals surface area (Å²) in [6, 6.07) is 8.50. The maximum atomic E-state index is 12.8. The maximum absolute atomic E-state index is 12.8. The summed E-state index contributed by atoms with van der Waals surface area (Å²) in [5.41, 5.74) is 0.186. The zero-order valence-electron chi connectivity index (χ0n) is 14.3. The van der Waals surface area contributed by atoms with Gasteiger partial charge in [-0.25, -0.2) is 8.42 Å². The quantitative estimate of drug-likeness (QED) is 0.716. The van der Waals surface area contributed by atoms with Gasteiger partial charge in [-0.2, -0.15) is 4.31 Å². The summed E-state index contributed by atoms with van der Waals surface area (Å²) in [5.74, 6) is -0.897. The van der Waals surface area contributed by atoms with Gasteiger partial charge in [0, 0.05) is 23.7 Å². The molecule has 2 aromatic carbocycles. The van der Waals surface area contributed by atoms with E-state index in [4.69, 9.17) is 23.2 Å². The normalized spacial score (nSPS) is 15.5. The molecule has 0 aliphatic carbocycles. The number of halogens is 2. The lowest BCUT2D eigenvalue weighted by molar-refractivity contribution is 0.102. The van der Waals surface area contributed by atoms with E-state index in [1.165, 1.54) is 40.7 Å². The maximum Gasteiger partial charge on any atom is 0.255 e. The van der Waals surface area contributed by atoms with Crippen molar-refractivity contribution in [3.8, 4) is 5.75 Å². The van der Waals surface area contributed by atoms with E-state index in [1.54, 1.807) is 0 Å². The van der Waals surface area contributed by atoms with E-state index in [9.17, 15) is 18.3 Å². The van der Waals surface area contributed by atoms with E-state index in [-0.39, 0.29) is 31.9 Å². The lowest BCUT2D eigenvalue weighted by atomic mass is 10.2. The van der Waals surface area contributed by atoms with Crippen LogP contribution in [0.5, 0.6) is 5.75 Å². The Kier molecular flexibility index (Phi) is 5.95. The Morgan fingerprint density at radius 2 is 1.78 bits per heavy atom. The van der Waals surface area contributed by atoms with Gasteiger partial charge in [-0.3, -0.25) is 4.79 Å². The second kappa shape index (κ2) is 8.06. The summed E-state index contributed by atoms with van der Waals surface area (Å²) in [7, 11) is -3.65. The van der Waals surface area contributed by atoms with Crippen LogP contribution in [0.25, 0.3) is 0 Å². The number of hydrogen-bond donors (Lipinski definition) is 2. The highest BCUT2D eigenvalue weighted by atomic mass is 35.5. The number of piperidine rings is 1. The number of carbonyl (C=O) groups excluding carboxylic acids is 1. The van der Waals surface area contributed by atoms with Crippen molar-refractivity contribution >= 4 is 44.8 Å². The van der Waals surface area contributed by atoms with E-state index in [1.807, 2.05) is 0 Å². The Balaban J connectivity index is 1.86. The molecule has 0 spiro atoms. The minimum Gasteiger partial charge on any atom is -0.504 e. The van der Waals surface area contributed by atoms with E-state index in [2.05, 4.69) is 5.32 Å². The molecule has 27 heavy (non-hydrogen) atoms. The van der Waals surface area contributed by atoms with Gasteiger partial charge in [0.05, 0.1) is 15.6 Å². The number of rotatable bonds is 4. The molecule has 144 valence electrons. The Morgan fingerprint density at radius 1 is 1.07 bits per heavy atom. The van der Waals surface area contributed by atoms with Crippen LogP contribution in [-0.2, 0) is 10.0 Å². The molecule has 0 atom stereocenters. The highest BCUT2D eigenvalue weighted by Crippen LogP contribution is 2.35. The number of phenolic OH excluding ortho intramolecular Hbond substituents is 1. The van der Waals surface area contributed by atoms with Crippen LogP contribution in [0.2, 0.25) is 10.0 Å². The number of carbonyl (C=O) groups is 1. The molecule has 0 aromatic heterocycles. The molecule has 3 rings (SSSR count). The van der Waals surface area contributed by atoms with E-state index < -0.39 is 15.9 Å². The summed E-state index contributed by atoms with van der Waals surface area (Å²) in [6.45, 7) is 0.960. The number of aromatic hydroxyl groups is 1. The first-order chi connectivity index (χ1) is 12.8. The largest absolute Gasteiger partial charge is 0.504 e. The molecule has 1 fully saturated rings. The molecular formula is C18H18Cl2N2O4S. The number of hydrogen-bond acceptors (Lipinski definition) is 4. The number of anilines is 1. The monoisotopic (exact) mass is 428 g/mol. The van der Waals surface area contributed by atoms with Crippen molar-refractivity contribution in [1.82, 2.24) is 4.31 Å². The van der Waals surface area contributed by atoms with Crippen LogP contribution in [0.15, 0.2) is 41.3 Å². The highest BCUT2D eigenvalue weighted by Gasteiger charge is 2.26. The van der Waals surface area contributed by atoms with Gasteiger partial charge in [0.15, 0.2) is 5.75 Å². The Bertz CT molecular complexity index is 973. The lowest BCUT2D eigenvalue weighted by Crippen LogP contribution is -2.35. The summed E-state index contributed by atoms with van der Waals surface area (Å²) in [4.78, 5) is 12.6. The molecular weight excluding hydrogens is 411 g/mol.